The van der Waals surface area contributed by atoms with Crippen LogP contribution >= 0.6 is 34.3 Å². The third-order valence-corrected chi connectivity index (χ3v) is 3.89. The van der Waals surface area contributed by atoms with E-state index in [1.807, 2.05) is 23.8 Å². The highest BCUT2D eigenvalue weighted by atomic mass is 35.5. The Bertz CT molecular complexity index is 470. The minimum atomic E-state index is 0.0144. The van der Waals surface area contributed by atoms with Crippen LogP contribution in [0.25, 0.3) is 0 Å². The first-order chi connectivity index (χ1) is 6.68. The van der Waals surface area contributed by atoms with E-state index in [1.165, 1.54) is 11.3 Å². The summed E-state index contributed by atoms with van der Waals surface area (Å²) in [6.07, 6.45) is 0. The molecule has 0 unspecified atom stereocenters. The van der Waals surface area contributed by atoms with Crippen molar-refractivity contribution < 1.29 is 4.79 Å². The van der Waals surface area contributed by atoms with Crippen molar-refractivity contribution in [3.63, 3.8) is 0 Å². The molecule has 0 fully saturated rings. The van der Waals surface area contributed by atoms with Crippen LogP contribution in [0.2, 0.25) is 4.34 Å². The number of thiophene rings is 2. The second kappa shape index (κ2) is 3.85. The molecule has 0 spiro atoms. The Balaban J connectivity index is 2.38. The Morgan fingerprint density at radius 2 is 2.21 bits per heavy atom. The first-order valence-electron chi connectivity index (χ1n) is 4.01. The zero-order valence-electron chi connectivity index (χ0n) is 7.41. The molecule has 2 rings (SSSR count). The van der Waals surface area contributed by atoms with Crippen LogP contribution in [0.1, 0.15) is 20.8 Å². The summed E-state index contributed by atoms with van der Waals surface area (Å²) in [4.78, 5) is 13.0. The molecule has 4 heteroatoms. The Morgan fingerprint density at radius 1 is 1.43 bits per heavy atom. The van der Waals surface area contributed by atoms with E-state index < -0.39 is 0 Å². The lowest BCUT2D eigenvalue weighted by molar-refractivity contribution is 0.103. The number of carbonyl (C=O) groups excluding carboxylic acids is 1. The van der Waals surface area contributed by atoms with Crippen LogP contribution in [0.4, 0.5) is 0 Å². The first-order valence-corrected chi connectivity index (χ1v) is 6.15. The minimum Gasteiger partial charge on any atom is -0.288 e. The molecule has 0 aromatic carbocycles. The van der Waals surface area contributed by atoms with Crippen molar-refractivity contribution in [2.45, 2.75) is 6.92 Å². The Labute approximate surface area is 95.0 Å². The Kier molecular flexibility index (Phi) is 2.72. The molecule has 72 valence electrons. The summed E-state index contributed by atoms with van der Waals surface area (Å²) in [6, 6.07) is 3.66. The van der Waals surface area contributed by atoms with Gasteiger partial charge in [0.25, 0.3) is 0 Å². The lowest BCUT2D eigenvalue weighted by Crippen LogP contribution is -1.97. The van der Waals surface area contributed by atoms with Gasteiger partial charge in [0.1, 0.15) is 4.34 Å². The second-order valence-corrected chi connectivity index (χ2v) is 5.52. The van der Waals surface area contributed by atoms with Crippen LogP contribution < -0.4 is 0 Å². The Morgan fingerprint density at radius 3 is 2.71 bits per heavy atom. The Hall–Kier alpha value is -0.640. The van der Waals surface area contributed by atoms with E-state index in [-0.39, 0.29) is 5.78 Å². The molecular weight excluding hydrogens is 236 g/mol. The van der Waals surface area contributed by atoms with E-state index in [2.05, 4.69) is 0 Å². The number of aryl methyl sites for hydroxylation is 1. The van der Waals surface area contributed by atoms with Gasteiger partial charge in [-0.15, -0.1) is 22.7 Å². The monoisotopic (exact) mass is 242 g/mol. The van der Waals surface area contributed by atoms with Crippen LogP contribution in [0.3, 0.4) is 0 Å². The molecular formula is C10H7ClOS2. The molecule has 0 N–H and O–H groups in total. The fourth-order valence-electron chi connectivity index (χ4n) is 1.17. The van der Waals surface area contributed by atoms with Crippen molar-refractivity contribution in [2.24, 2.45) is 0 Å². The van der Waals surface area contributed by atoms with Crippen LogP contribution in [0.15, 0.2) is 22.9 Å². The maximum atomic E-state index is 11.9. The number of halogens is 1. The number of hydrogen-bond donors (Lipinski definition) is 0. The minimum absolute atomic E-state index is 0.0144. The summed E-state index contributed by atoms with van der Waals surface area (Å²) >= 11 is 8.85. The highest BCUT2D eigenvalue weighted by Crippen LogP contribution is 2.26. The van der Waals surface area contributed by atoms with E-state index in [4.69, 9.17) is 11.6 Å². The zero-order valence-corrected chi connectivity index (χ0v) is 9.80. The maximum Gasteiger partial charge on any atom is 0.196 e. The van der Waals surface area contributed by atoms with Crippen molar-refractivity contribution in [3.8, 4) is 0 Å². The van der Waals surface area contributed by atoms with Crippen molar-refractivity contribution in [3.05, 3.63) is 43.2 Å². The van der Waals surface area contributed by atoms with Gasteiger partial charge < -0.3 is 0 Å². The summed E-state index contributed by atoms with van der Waals surface area (Å²) in [5.41, 5.74) is 1.34. The van der Waals surface area contributed by atoms with E-state index in [0.717, 1.165) is 10.4 Å². The van der Waals surface area contributed by atoms with E-state index in [9.17, 15) is 4.79 Å². The van der Waals surface area contributed by atoms with Gasteiger partial charge in [-0.2, -0.15) is 0 Å². The largest absolute Gasteiger partial charge is 0.288 e. The van der Waals surface area contributed by atoms with Gasteiger partial charge in [0.05, 0.1) is 5.56 Å². The van der Waals surface area contributed by atoms with Gasteiger partial charge in [-0.3, -0.25) is 4.79 Å². The molecule has 2 aromatic rings. The molecule has 2 aromatic heterocycles. The number of ketones is 1. The average molecular weight is 243 g/mol. The van der Waals surface area contributed by atoms with Crippen LogP contribution in [-0.2, 0) is 0 Å². The van der Waals surface area contributed by atoms with Gasteiger partial charge in [0.15, 0.2) is 5.78 Å². The lowest BCUT2D eigenvalue weighted by Gasteiger charge is -1.93. The van der Waals surface area contributed by atoms with Gasteiger partial charge in [-0.1, -0.05) is 11.6 Å². The summed E-state index contributed by atoms with van der Waals surface area (Å²) in [5.74, 6) is 0.0144. The quantitative estimate of drug-likeness (QED) is 0.728. The molecule has 0 amide bonds. The van der Waals surface area contributed by atoms with Crippen LogP contribution in [0.5, 0.6) is 0 Å². The molecule has 0 aliphatic carbocycles. The fourth-order valence-corrected chi connectivity index (χ4v) is 2.77. The first kappa shape index (κ1) is 9.90. The zero-order chi connectivity index (χ0) is 10.1. The normalized spacial score (nSPS) is 10.4. The SMILES string of the molecule is Cc1cc(C(=O)c2ccsc2Cl)cs1. The van der Waals surface area contributed by atoms with Gasteiger partial charge in [0.2, 0.25) is 0 Å². The van der Waals surface area contributed by atoms with E-state index >= 15 is 0 Å². The van der Waals surface area contributed by atoms with Crippen LogP contribution in [0, 0.1) is 6.92 Å². The fraction of sp³-hybridized carbons (Fsp3) is 0.100. The predicted molar refractivity (Wildman–Crippen MR) is 61.8 cm³/mol. The lowest BCUT2D eigenvalue weighted by atomic mass is 10.1. The maximum absolute atomic E-state index is 11.9. The molecule has 0 radical (unpaired) electrons. The number of carbonyl (C=O) groups is 1. The average Bonchev–Trinajstić information content (AvgIpc) is 2.73. The van der Waals surface area contributed by atoms with E-state index in [0.29, 0.717) is 9.90 Å². The van der Waals surface area contributed by atoms with Gasteiger partial charge in [0, 0.05) is 15.8 Å². The topological polar surface area (TPSA) is 17.1 Å². The summed E-state index contributed by atoms with van der Waals surface area (Å²) < 4.78 is 0.568. The molecule has 0 bridgehead atoms. The third kappa shape index (κ3) is 1.75. The summed E-state index contributed by atoms with van der Waals surface area (Å²) in [7, 11) is 0. The molecule has 2 heterocycles. The molecule has 0 saturated heterocycles. The molecule has 0 aliphatic rings. The third-order valence-electron chi connectivity index (χ3n) is 1.86. The van der Waals surface area contributed by atoms with E-state index in [1.54, 1.807) is 17.4 Å². The highest BCUT2D eigenvalue weighted by molar-refractivity contribution is 7.14. The smallest absolute Gasteiger partial charge is 0.196 e. The second-order valence-electron chi connectivity index (χ2n) is 2.88. The highest BCUT2D eigenvalue weighted by Gasteiger charge is 2.14. The van der Waals surface area contributed by atoms with Crippen molar-refractivity contribution in [1.29, 1.82) is 0 Å². The molecule has 14 heavy (non-hydrogen) atoms. The van der Waals surface area contributed by atoms with Crippen molar-refractivity contribution in [2.75, 3.05) is 0 Å². The molecule has 1 nitrogen and oxygen atoms in total. The molecule has 0 saturated carbocycles. The van der Waals surface area contributed by atoms with Crippen molar-refractivity contribution >= 4 is 40.1 Å². The number of rotatable bonds is 2. The number of hydrogen-bond acceptors (Lipinski definition) is 3. The predicted octanol–water partition coefficient (Wildman–Crippen LogP) is 4.00. The van der Waals surface area contributed by atoms with Gasteiger partial charge >= 0.3 is 0 Å². The van der Waals surface area contributed by atoms with Gasteiger partial charge in [-0.05, 0) is 24.4 Å². The summed E-state index contributed by atoms with van der Waals surface area (Å²) in [5, 5.41) is 3.69. The molecule has 0 aliphatic heterocycles. The molecule has 0 atom stereocenters. The van der Waals surface area contributed by atoms with Crippen LogP contribution in [-0.4, -0.2) is 5.78 Å². The van der Waals surface area contributed by atoms with Gasteiger partial charge in [-0.25, -0.2) is 0 Å². The standard InChI is InChI=1S/C10H7ClOS2/c1-6-4-7(5-14-6)9(12)8-2-3-13-10(8)11/h2-5H,1H3. The summed E-state index contributed by atoms with van der Waals surface area (Å²) in [6.45, 7) is 1.98. The van der Waals surface area contributed by atoms with Crippen molar-refractivity contribution in [1.82, 2.24) is 0 Å².